The molecule has 0 saturated carbocycles. The molecule has 0 fully saturated rings. The standard InChI is InChI=1S/C18H19N4OP/c1-11-5-15-17(7-13(11)3)21(9-19-15)24(23)22-10-20-16-6-12(2)14(4)8-18(16)22/h5-10,23H,1-4H3. The third kappa shape index (κ3) is 2.24. The van der Waals surface area contributed by atoms with Crippen LogP contribution in [0.15, 0.2) is 36.9 Å². The van der Waals surface area contributed by atoms with Gasteiger partial charge in [-0.2, -0.15) is 0 Å². The second kappa shape index (κ2) is 5.40. The lowest BCUT2D eigenvalue weighted by Crippen LogP contribution is -1.99. The van der Waals surface area contributed by atoms with E-state index in [0.29, 0.717) is 0 Å². The summed E-state index contributed by atoms with van der Waals surface area (Å²) in [6, 6.07) is 8.28. The first-order valence-corrected chi connectivity index (χ1v) is 9.04. The van der Waals surface area contributed by atoms with E-state index < -0.39 is 8.45 Å². The maximum absolute atomic E-state index is 11.0. The van der Waals surface area contributed by atoms with Crippen LogP contribution in [0.25, 0.3) is 22.1 Å². The number of rotatable bonds is 2. The van der Waals surface area contributed by atoms with Crippen LogP contribution in [-0.2, 0) is 0 Å². The average molecular weight is 338 g/mol. The summed E-state index contributed by atoms with van der Waals surface area (Å²) in [6.45, 7) is 8.29. The minimum absolute atomic E-state index is 0.899. The Bertz CT molecular complexity index is 994. The van der Waals surface area contributed by atoms with Crippen LogP contribution < -0.4 is 0 Å². The van der Waals surface area contributed by atoms with E-state index in [1.54, 1.807) is 12.7 Å². The minimum Gasteiger partial charge on any atom is -0.338 e. The Labute approximate surface area is 141 Å². The Kier molecular flexibility index (Phi) is 3.44. The Morgan fingerprint density at radius 3 is 1.50 bits per heavy atom. The maximum atomic E-state index is 11.0. The zero-order chi connectivity index (χ0) is 17.0. The van der Waals surface area contributed by atoms with E-state index in [1.807, 2.05) is 8.68 Å². The lowest BCUT2D eigenvalue weighted by molar-refractivity contribution is 0.604. The zero-order valence-electron chi connectivity index (χ0n) is 14.1. The first-order chi connectivity index (χ1) is 11.5. The number of aromatic nitrogens is 4. The number of hydrogen-bond acceptors (Lipinski definition) is 3. The van der Waals surface area contributed by atoms with Gasteiger partial charge in [-0.25, -0.2) is 9.97 Å². The molecule has 24 heavy (non-hydrogen) atoms. The summed E-state index contributed by atoms with van der Waals surface area (Å²) < 4.78 is 3.68. The topological polar surface area (TPSA) is 55.9 Å². The SMILES string of the molecule is Cc1cc2ncn(P(O)n3cnc4cc(C)c(C)cc43)c2cc1C. The van der Waals surface area contributed by atoms with Crippen molar-refractivity contribution in [3.05, 3.63) is 59.2 Å². The van der Waals surface area contributed by atoms with E-state index in [1.165, 1.54) is 22.3 Å². The highest BCUT2D eigenvalue weighted by Gasteiger charge is 2.18. The molecule has 0 spiro atoms. The average Bonchev–Trinajstić information content (AvgIpc) is 3.12. The van der Waals surface area contributed by atoms with Crippen molar-refractivity contribution in [3.8, 4) is 0 Å². The number of fused-ring (bicyclic) bond motifs is 2. The van der Waals surface area contributed by atoms with Gasteiger partial charge >= 0.3 is 0 Å². The lowest BCUT2D eigenvalue weighted by atomic mass is 10.1. The number of imidazole rings is 2. The second-order valence-corrected chi connectivity index (χ2v) is 7.70. The normalized spacial score (nSPS) is 11.9. The smallest absolute Gasteiger partial charge is 0.257 e. The highest BCUT2D eigenvalue weighted by atomic mass is 31.2. The van der Waals surface area contributed by atoms with Crippen molar-refractivity contribution in [3.63, 3.8) is 0 Å². The molecule has 0 aliphatic rings. The zero-order valence-corrected chi connectivity index (χ0v) is 15.0. The number of nitrogens with zero attached hydrogens (tertiary/aromatic N) is 4. The van der Waals surface area contributed by atoms with Crippen molar-refractivity contribution in [2.45, 2.75) is 27.7 Å². The molecule has 0 aliphatic heterocycles. The van der Waals surface area contributed by atoms with Crippen molar-refractivity contribution >= 4 is 30.5 Å². The molecule has 2 aromatic heterocycles. The molecule has 4 rings (SSSR count). The van der Waals surface area contributed by atoms with Crippen molar-refractivity contribution < 1.29 is 4.89 Å². The lowest BCUT2D eigenvalue weighted by Gasteiger charge is -2.14. The van der Waals surface area contributed by atoms with E-state index in [4.69, 9.17) is 0 Å². The molecule has 2 aromatic carbocycles. The van der Waals surface area contributed by atoms with E-state index >= 15 is 0 Å². The van der Waals surface area contributed by atoms with E-state index in [9.17, 15) is 4.89 Å². The van der Waals surface area contributed by atoms with Crippen LogP contribution in [0.5, 0.6) is 0 Å². The molecule has 0 atom stereocenters. The van der Waals surface area contributed by atoms with Gasteiger partial charge in [0.15, 0.2) is 0 Å². The van der Waals surface area contributed by atoms with Crippen molar-refractivity contribution in [2.24, 2.45) is 0 Å². The van der Waals surface area contributed by atoms with Gasteiger partial charge < -0.3 is 4.89 Å². The molecule has 0 saturated heterocycles. The van der Waals surface area contributed by atoms with Crippen LogP contribution in [0, 0.1) is 27.7 Å². The first kappa shape index (κ1) is 15.3. The van der Waals surface area contributed by atoms with Gasteiger partial charge in [0.1, 0.15) is 12.7 Å². The molecular weight excluding hydrogens is 319 g/mol. The predicted octanol–water partition coefficient (Wildman–Crippen LogP) is 4.24. The molecule has 5 nitrogen and oxygen atoms in total. The third-order valence-corrected chi connectivity index (χ3v) is 6.08. The third-order valence-electron chi connectivity index (χ3n) is 4.67. The van der Waals surface area contributed by atoms with Gasteiger partial charge in [0.2, 0.25) is 0 Å². The molecule has 2 heterocycles. The molecule has 122 valence electrons. The monoisotopic (exact) mass is 338 g/mol. The van der Waals surface area contributed by atoms with Gasteiger partial charge in [0.25, 0.3) is 8.45 Å². The summed E-state index contributed by atoms with van der Waals surface area (Å²) in [5, 5.41) is 0. The van der Waals surface area contributed by atoms with Gasteiger partial charge in [-0.15, -0.1) is 0 Å². The quantitative estimate of drug-likeness (QED) is 0.556. The summed E-state index contributed by atoms with van der Waals surface area (Å²) >= 11 is 0. The van der Waals surface area contributed by atoms with E-state index in [2.05, 4.69) is 61.9 Å². The molecule has 0 bridgehead atoms. The van der Waals surface area contributed by atoms with Crippen LogP contribution in [0.1, 0.15) is 22.3 Å². The Morgan fingerprint density at radius 1 is 0.708 bits per heavy atom. The van der Waals surface area contributed by atoms with Crippen LogP contribution in [0.4, 0.5) is 0 Å². The van der Waals surface area contributed by atoms with Crippen molar-refractivity contribution in [1.82, 2.24) is 18.6 Å². The number of aryl methyl sites for hydroxylation is 4. The van der Waals surface area contributed by atoms with Gasteiger partial charge in [-0.3, -0.25) is 8.68 Å². The fraction of sp³-hybridized carbons (Fsp3) is 0.222. The molecule has 0 amide bonds. The highest BCUT2D eigenvalue weighted by Crippen LogP contribution is 2.40. The minimum atomic E-state index is -1.63. The molecule has 4 aromatic rings. The molecular formula is C18H19N4OP. The Hall–Kier alpha value is -2.23. The maximum Gasteiger partial charge on any atom is 0.257 e. The summed E-state index contributed by atoms with van der Waals surface area (Å²) in [7, 11) is -1.63. The van der Waals surface area contributed by atoms with Gasteiger partial charge in [-0.1, -0.05) is 0 Å². The summed E-state index contributed by atoms with van der Waals surface area (Å²) in [5.41, 5.74) is 8.47. The Balaban J connectivity index is 1.89. The van der Waals surface area contributed by atoms with E-state index in [0.717, 1.165) is 22.1 Å². The fourth-order valence-electron chi connectivity index (χ4n) is 2.89. The molecule has 0 radical (unpaired) electrons. The largest absolute Gasteiger partial charge is 0.338 e. The highest BCUT2D eigenvalue weighted by molar-refractivity contribution is 7.48. The molecule has 0 aliphatic carbocycles. The van der Waals surface area contributed by atoms with Gasteiger partial charge in [0.05, 0.1) is 22.1 Å². The summed E-state index contributed by atoms with van der Waals surface area (Å²) in [6.07, 6.45) is 3.42. The van der Waals surface area contributed by atoms with Crippen molar-refractivity contribution in [2.75, 3.05) is 0 Å². The summed E-state index contributed by atoms with van der Waals surface area (Å²) in [5.74, 6) is 0. The second-order valence-electron chi connectivity index (χ2n) is 6.30. The molecule has 1 N–H and O–H groups in total. The first-order valence-electron chi connectivity index (χ1n) is 7.84. The number of benzene rings is 2. The Morgan fingerprint density at radius 2 is 1.08 bits per heavy atom. The number of hydrogen-bond donors (Lipinski definition) is 1. The van der Waals surface area contributed by atoms with Crippen LogP contribution >= 0.6 is 8.45 Å². The van der Waals surface area contributed by atoms with Crippen molar-refractivity contribution in [1.29, 1.82) is 0 Å². The summed E-state index contributed by atoms with van der Waals surface area (Å²) in [4.78, 5) is 19.9. The predicted molar refractivity (Wildman–Crippen MR) is 98.3 cm³/mol. The van der Waals surface area contributed by atoms with Gasteiger partial charge in [-0.05, 0) is 74.2 Å². The van der Waals surface area contributed by atoms with Crippen LogP contribution in [0.3, 0.4) is 0 Å². The molecule has 6 heteroatoms. The fourth-order valence-corrected chi connectivity index (χ4v) is 4.09. The molecule has 0 unspecified atom stereocenters. The van der Waals surface area contributed by atoms with Gasteiger partial charge in [0, 0.05) is 0 Å². The van der Waals surface area contributed by atoms with Crippen LogP contribution in [0.2, 0.25) is 0 Å². The van der Waals surface area contributed by atoms with E-state index in [-0.39, 0.29) is 0 Å². The van der Waals surface area contributed by atoms with Crippen LogP contribution in [-0.4, -0.2) is 23.5 Å².